The molecule has 0 saturated heterocycles. The molecule has 1 atom stereocenters. The van der Waals surface area contributed by atoms with Crippen molar-refractivity contribution in [2.75, 3.05) is 0 Å². The number of rotatable bonds is 2. The maximum atomic E-state index is 5.69. The molecule has 64 valence electrons. The van der Waals surface area contributed by atoms with E-state index in [0.29, 0.717) is 0 Å². The number of hydrogen-bond acceptors (Lipinski definition) is 2. The molecule has 0 aliphatic heterocycles. The predicted molar refractivity (Wildman–Crippen MR) is 48.8 cm³/mol. The zero-order valence-electron chi connectivity index (χ0n) is 7.33. The average molecular weight is 162 g/mol. The molecule has 0 bridgehead atoms. The van der Waals surface area contributed by atoms with Gasteiger partial charge < -0.3 is 5.73 Å². The van der Waals surface area contributed by atoms with Gasteiger partial charge in [0.1, 0.15) is 0 Å². The highest BCUT2D eigenvalue weighted by Gasteiger charge is 2.23. The van der Waals surface area contributed by atoms with Gasteiger partial charge in [-0.2, -0.15) is 0 Å². The van der Waals surface area contributed by atoms with Gasteiger partial charge in [-0.25, -0.2) is 0 Å². The van der Waals surface area contributed by atoms with Crippen molar-refractivity contribution in [1.29, 1.82) is 0 Å². The van der Waals surface area contributed by atoms with Gasteiger partial charge in [-0.05, 0) is 37.3 Å². The van der Waals surface area contributed by atoms with Crippen LogP contribution in [0.2, 0.25) is 0 Å². The van der Waals surface area contributed by atoms with Crippen LogP contribution in [0.5, 0.6) is 0 Å². The fourth-order valence-corrected chi connectivity index (χ4v) is 1.34. The smallest absolute Gasteiger partial charge is 0.0568 e. The second-order valence-corrected chi connectivity index (χ2v) is 3.58. The van der Waals surface area contributed by atoms with Gasteiger partial charge in [0.2, 0.25) is 0 Å². The van der Waals surface area contributed by atoms with Crippen molar-refractivity contribution in [1.82, 2.24) is 4.98 Å². The minimum absolute atomic E-state index is 0.0539. The normalized spacial score (nSPS) is 19.2. The van der Waals surface area contributed by atoms with E-state index in [2.05, 4.69) is 11.1 Å². The number of pyridine rings is 1. The molecule has 1 aliphatic rings. The molecule has 1 saturated carbocycles. The van der Waals surface area contributed by atoms with E-state index >= 15 is 0 Å². The Bertz CT molecular complexity index is 239. The summed E-state index contributed by atoms with van der Waals surface area (Å²) in [6.45, 7) is 1.96. The van der Waals surface area contributed by atoms with Crippen molar-refractivity contribution in [2.45, 2.75) is 31.7 Å². The Labute approximate surface area is 72.8 Å². The van der Waals surface area contributed by atoms with Crippen molar-refractivity contribution in [2.24, 2.45) is 5.73 Å². The second-order valence-electron chi connectivity index (χ2n) is 3.58. The third-order valence-electron chi connectivity index (χ3n) is 2.32. The van der Waals surface area contributed by atoms with Crippen LogP contribution in [0.3, 0.4) is 0 Å². The summed E-state index contributed by atoms with van der Waals surface area (Å²) in [5.41, 5.74) is 8.05. The van der Waals surface area contributed by atoms with Crippen LogP contribution in [0.25, 0.3) is 0 Å². The number of nitrogens with zero attached hydrogens (tertiary/aromatic N) is 1. The van der Waals surface area contributed by atoms with Crippen molar-refractivity contribution in [3.8, 4) is 0 Å². The number of hydrogen-bond donors (Lipinski definition) is 1. The number of nitrogens with two attached hydrogens (primary N) is 1. The van der Waals surface area contributed by atoms with Crippen LogP contribution in [0, 0.1) is 0 Å². The van der Waals surface area contributed by atoms with E-state index in [1.54, 1.807) is 0 Å². The highest BCUT2D eigenvalue weighted by molar-refractivity contribution is 5.22. The van der Waals surface area contributed by atoms with Crippen molar-refractivity contribution < 1.29 is 0 Å². The van der Waals surface area contributed by atoms with E-state index in [-0.39, 0.29) is 6.04 Å². The Kier molecular flexibility index (Phi) is 1.85. The van der Waals surface area contributed by atoms with Crippen LogP contribution in [-0.4, -0.2) is 4.98 Å². The van der Waals surface area contributed by atoms with Gasteiger partial charge in [-0.15, -0.1) is 0 Å². The quantitative estimate of drug-likeness (QED) is 0.722. The summed E-state index contributed by atoms with van der Waals surface area (Å²) in [4.78, 5) is 4.31. The lowest BCUT2D eigenvalue weighted by molar-refractivity contribution is 0.778. The SMILES string of the molecule is CC(N)c1ccc(C2CC2)cn1. The fourth-order valence-electron chi connectivity index (χ4n) is 1.34. The molecule has 1 aliphatic carbocycles. The largest absolute Gasteiger partial charge is 0.323 e. The van der Waals surface area contributed by atoms with Crippen LogP contribution in [0.4, 0.5) is 0 Å². The molecule has 2 N–H and O–H groups in total. The van der Waals surface area contributed by atoms with Gasteiger partial charge in [-0.3, -0.25) is 4.98 Å². The lowest BCUT2D eigenvalue weighted by Gasteiger charge is -2.04. The van der Waals surface area contributed by atoms with Gasteiger partial charge in [0.05, 0.1) is 5.69 Å². The summed E-state index contributed by atoms with van der Waals surface area (Å²) in [6, 6.07) is 4.25. The maximum Gasteiger partial charge on any atom is 0.0568 e. The molecule has 2 rings (SSSR count). The zero-order chi connectivity index (χ0) is 8.55. The van der Waals surface area contributed by atoms with Gasteiger partial charge in [0, 0.05) is 12.2 Å². The minimum Gasteiger partial charge on any atom is -0.323 e. The first-order valence-corrected chi connectivity index (χ1v) is 4.49. The Morgan fingerprint density at radius 2 is 2.25 bits per heavy atom. The third-order valence-corrected chi connectivity index (χ3v) is 2.32. The van der Waals surface area contributed by atoms with Crippen molar-refractivity contribution in [3.05, 3.63) is 29.6 Å². The summed E-state index contributed by atoms with van der Waals surface area (Å²) >= 11 is 0. The molecular formula is C10H14N2. The Hall–Kier alpha value is -0.890. The van der Waals surface area contributed by atoms with Crippen molar-refractivity contribution >= 4 is 0 Å². The predicted octanol–water partition coefficient (Wildman–Crippen LogP) is 1.98. The summed E-state index contributed by atoms with van der Waals surface area (Å²) in [6.07, 6.45) is 4.63. The maximum absolute atomic E-state index is 5.69. The first-order valence-electron chi connectivity index (χ1n) is 4.49. The zero-order valence-corrected chi connectivity index (χ0v) is 7.33. The minimum atomic E-state index is 0.0539. The van der Waals surface area contributed by atoms with E-state index in [9.17, 15) is 0 Å². The lowest BCUT2D eigenvalue weighted by atomic mass is 10.1. The Balaban J connectivity index is 2.18. The van der Waals surface area contributed by atoms with E-state index in [0.717, 1.165) is 11.6 Å². The van der Waals surface area contributed by atoms with Crippen LogP contribution in [0.1, 0.15) is 43.0 Å². The monoisotopic (exact) mass is 162 g/mol. The van der Waals surface area contributed by atoms with Crippen LogP contribution < -0.4 is 5.73 Å². The molecule has 2 nitrogen and oxygen atoms in total. The average Bonchev–Trinajstić information content (AvgIpc) is 2.87. The second kappa shape index (κ2) is 2.87. The van der Waals surface area contributed by atoms with Gasteiger partial charge in [0.25, 0.3) is 0 Å². The molecule has 0 radical (unpaired) electrons. The van der Waals surface area contributed by atoms with E-state index < -0.39 is 0 Å². The van der Waals surface area contributed by atoms with E-state index in [4.69, 9.17) is 5.73 Å². The fraction of sp³-hybridized carbons (Fsp3) is 0.500. The van der Waals surface area contributed by atoms with E-state index in [1.165, 1.54) is 18.4 Å². The highest BCUT2D eigenvalue weighted by Crippen LogP contribution is 2.39. The van der Waals surface area contributed by atoms with E-state index in [1.807, 2.05) is 19.2 Å². The van der Waals surface area contributed by atoms with Crippen LogP contribution in [0.15, 0.2) is 18.3 Å². The molecule has 0 aromatic carbocycles. The van der Waals surface area contributed by atoms with Gasteiger partial charge >= 0.3 is 0 Å². The molecule has 1 heterocycles. The van der Waals surface area contributed by atoms with Gasteiger partial charge in [-0.1, -0.05) is 6.07 Å². The molecule has 12 heavy (non-hydrogen) atoms. The Morgan fingerprint density at radius 1 is 1.50 bits per heavy atom. The highest BCUT2D eigenvalue weighted by atomic mass is 14.8. The summed E-state index contributed by atoms with van der Waals surface area (Å²) < 4.78 is 0. The standard InChI is InChI=1S/C10H14N2/c1-7(11)10-5-4-9(6-12-10)8-2-3-8/h4-8H,2-3,11H2,1H3. The molecule has 0 amide bonds. The molecule has 0 spiro atoms. The number of aromatic nitrogens is 1. The lowest BCUT2D eigenvalue weighted by Crippen LogP contribution is -2.06. The van der Waals surface area contributed by atoms with Crippen LogP contribution in [-0.2, 0) is 0 Å². The molecule has 1 aromatic rings. The summed E-state index contributed by atoms with van der Waals surface area (Å²) in [5, 5.41) is 0. The Morgan fingerprint density at radius 3 is 2.67 bits per heavy atom. The molecule has 2 heteroatoms. The van der Waals surface area contributed by atoms with Gasteiger partial charge in [0.15, 0.2) is 0 Å². The first-order chi connectivity index (χ1) is 5.77. The first kappa shape index (κ1) is 7.74. The summed E-state index contributed by atoms with van der Waals surface area (Å²) in [7, 11) is 0. The third kappa shape index (κ3) is 1.48. The topological polar surface area (TPSA) is 38.9 Å². The molecule has 1 aromatic heterocycles. The van der Waals surface area contributed by atoms with Crippen molar-refractivity contribution in [3.63, 3.8) is 0 Å². The van der Waals surface area contributed by atoms with Crippen LogP contribution >= 0.6 is 0 Å². The molecule has 1 unspecified atom stereocenters. The molecule has 1 fully saturated rings. The summed E-state index contributed by atoms with van der Waals surface area (Å²) in [5.74, 6) is 0.791. The molecular weight excluding hydrogens is 148 g/mol.